The summed E-state index contributed by atoms with van der Waals surface area (Å²) in [5.41, 5.74) is 1.29. The van der Waals surface area contributed by atoms with Crippen LogP contribution in [0.15, 0.2) is 16.8 Å². The van der Waals surface area contributed by atoms with Crippen molar-refractivity contribution in [1.29, 1.82) is 0 Å². The fourth-order valence-corrected chi connectivity index (χ4v) is 3.92. The Bertz CT molecular complexity index is 364. The molecule has 1 aromatic rings. The Morgan fingerprint density at radius 3 is 3.06 bits per heavy atom. The van der Waals surface area contributed by atoms with Crippen LogP contribution in [0.1, 0.15) is 25.8 Å². The monoisotopic (exact) mass is 269 g/mol. The first-order chi connectivity index (χ1) is 8.18. The molecule has 0 N–H and O–H groups in total. The maximum Gasteiger partial charge on any atom is 0.223 e. The van der Waals surface area contributed by atoms with Crippen LogP contribution in [0.5, 0.6) is 0 Å². The van der Waals surface area contributed by atoms with Gasteiger partial charge in [-0.25, -0.2) is 0 Å². The molecule has 1 fully saturated rings. The number of thioether (sulfide) groups is 1. The van der Waals surface area contributed by atoms with Crippen LogP contribution in [0, 0.1) is 0 Å². The molecule has 17 heavy (non-hydrogen) atoms. The second-order valence-electron chi connectivity index (χ2n) is 4.54. The second kappa shape index (κ2) is 5.91. The van der Waals surface area contributed by atoms with E-state index >= 15 is 0 Å². The molecule has 1 amide bonds. The van der Waals surface area contributed by atoms with Gasteiger partial charge in [0.1, 0.15) is 0 Å². The zero-order chi connectivity index (χ0) is 12.3. The second-order valence-corrected chi connectivity index (χ2v) is 6.80. The Balaban J connectivity index is 1.86. The first-order valence-electron chi connectivity index (χ1n) is 6.10. The van der Waals surface area contributed by atoms with Gasteiger partial charge in [-0.15, -0.1) is 0 Å². The number of amides is 1. The molecule has 0 saturated carbocycles. The molecule has 1 saturated heterocycles. The van der Waals surface area contributed by atoms with Gasteiger partial charge in [-0.3, -0.25) is 4.79 Å². The van der Waals surface area contributed by atoms with E-state index in [-0.39, 0.29) is 0 Å². The average molecular weight is 269 g/mol. The largest absolute Gasteiger partial charge is 0.338 e. The number of nitrogens with zero attached hydrogens (tertiary/aromatic N) is 1. The summed E-state index contributed by atoms with van der Waals surface area (Å²) in [6, 6.07) is 2.49. The molecule has 0 radical (unpaired) electrons. The highest BCUT2D eigenvalue weighted by Gasteiger charge is 2.28. The molecule has 1 aliphatic heterocycles. The van der Waals surface area contributed by atoms with Crippen LogP contribution in [0.2, 0.25) is 0 Å². The van der Waals surface area contributed by atoms with Gasteiger partial charge in [0, 0.05) is 30.0 Å². The van der Waals surface area contributed by atoms with E-state index < -0.39 is 0 Å². The number of carbonyl (C=O) groups is 1. The molecule has 94 valence electrons. The number of hydrogen-bond acceptors (Lipinski definition) is 3. The zero-order valence-electron chi connectivity index (χ0n) is 10.4. The van der Waals surface area contributed by atoms with Crippen molar-refractivity contribution in [2.24, 2.45) is 0 Å². The van der Waals surface area contributed by atoms with Gasteiger partial charge in [-0.2, -0.15) is 23.1 Å². The summed E-state index contributed by atoms with van der Waals surface area (Å²) in [7, 11) is 0. The minimum Gasteiger partial charge on any atom is -0.338 e. The van der Waals surface area contributed by atoms with Gasteiger partial charge in [-0.1, -0.05) is 6.92 Å². The van der Waals surface area contributed by atoms with Gasteiger partial charge < -0.3 is 4.90 Å². The van der Waals surface area contributed by atoms with E-state index in [0.717, 1.165) is 18.7 Å². The summed E-state index contributed by atoms with van der Waals surface area (Å²) in [6.45, 7) is 5.30. The standard InChI is InChI=1S/C13H19NOS2/c1-10-11(2)17-8-6-14(10)13(15)4-3-12-5-7-16-9-12/h5,7,9-11H,3-4,6,8H2,1-2H3/t10-,11-/m1/s1. The molecule has 2 rings (SSSR count). The van der Waals surface area contributed by atoms with Gasteiger partial charge in [0.2, 0.25) is 5.91 Å². The van der Waals surface area contributed by atoms with Crippen molar-refractivity contribution < 1.29 is 4.79 Å². The van der Waals surface area contributed by atoms with Gasteiger partial charge >= 0.3 is 0 Å². The van der Waals surface area contributed by atoms with Gasteiger partial charge in [0.05, 0.1) is 0 Å². The minimum absolute atomic E-state index is 0.316. The first kappa shape index (κ1) is 13.0. The van der Waals surface area contributed by atoms with Crippen LogP contribution in [-0.4, -0.2) is 34.4 Å². The predicted molar refractivity (Wildman–Crippen MR) is 75.7 cm³/mol. The lowest BCUT2D eigenvalue weighted by molar-refractivity contribution is -0.133. The van der Waals surface area contributed by atoms with E-state index in [0.29, 0.717) is 23.6 Å². The lowest BCUT2D eigenvalue weighted by Gasteiger charge is -2.37. The lowest BCUT2D eigenvalue weighted by atomic mass is 10.1. The van der Waals surface area contributed by atoms with E-state index in [9.17, 15) is 4.79 Å². The third kappa shape index (κ3) is 3.26. The molecule has 1 aromatic heterocycles. The van der Waals surface area contributed by atoms with E-state index in [4.69, 9.17) is 0 Å². The Morgan fingerprint density at radius 2 is 2.35 bits per heavy atom. The summed E-state index contributed by atoms with van der Waals surface area (Å²) >= 11 is 3.67. The van der Waals surface area contributed by atoms with Gasteiger partial charge in [0.25, 0.3) is 0 Å². The van der Waals surface area contributed by atoms with Gasteiger partial charge in [0.15, 0.2) is 0 Å². The molecule has 1 aliphatic rings. The molecule has 0 aromatic carbocycles. The third-order valence-electron chi connectivity index (χ3n) is 3.41. The van der Waals surface area contributed by atoms with E-state index in [1.54, 1.807) is 11.3 Å². The molecule has 2 nitrogen and oxygen atoms in total. The average Bonchev–Trinajstić information content (AvgIpc) is 2.82. The fraction of sp³-hybridized carbons (Fsp3) is 0.615. The Labute approximate surface area is 111 Å². The van der Waals surface area contributed by atoms with Crippen LogP contribution >= 0.6 is 23.1 Å². The molecule has 2 atom stereocenters. The van der Waals surface area contributed by atoms with Crippen molar-refractivity contribution in [2.75, 3.05) is 12.3 Å². The summed E-state index contributed by atoms with van der Waals surface area (Å²) in [5, 5.41) is 4.77. The van der Waals surface area contributed by atoms with Crippen molar-refractivity contribution >= 4 is 29.0 Å². The minimum atomic E-state index is 0.316. The summed E-state index contributed by atoms with van der Waals surface area (Å²) in [4.78, 5) is 14.2. The first-order valence-corrected chi connectivity index (χ1v) is 8.10. The highest BCUT2D eigenvalue weighted by molar-refractivity contribution is 8.00. The third-order valence-corrected chi connectivity index (χ3v) is 5.48. The van der Waals surface area contributed by atoms with Crippen molar-refractivity contribution in [3.63, 3.8) is 0 Å². The Hall–Kier alpha value is -0.480. The van der Waals surface area contributed by atoms with Crippen LogP contribution in [0.4, 0.5) is 0 Å². The fourth-order valence-electron chi connectivity index (χ4n) is 2.11. The maximum absolute atomic E-state index is 12.2. The van der Waals surface area contributed by atoms with Crippen LogP contribution in [-0.2, 0) is 11.2 Å². The number of hydrogen-bond donors (Lipinski definition) is 0. The Morgan fingerprint density at radius 1 is 1.53 bits per heavy atom. The highest BCUT2D eigenvalue weighted by atomic mass is 32.2. The van der Waals surface area contributed by atoms with E-state index in [1.807, 2.05) is 11.8 Å². The smallest absolute Gasteiger partial charge is 0.223 e. The van der Waals surface area contributed by atoms with Crippen LogP contribution < -0.4 is 0 Å². The molecule has 2 heterocycles. The summed E-state index contributed by atoms with van der Waals surface area (Å²) < 4.78 is 0. The van der Waals surface area contributed by atoms with Crippen LogP contribution in [0.3, 0.4) is 0 Å². The number of thiophene rings is 1. The topological polar surface area (TPSA) is 20.3 Å². The van der Waals surface area contributed by atoms with Gasteiger partial charge in [-0.05, 0) is 35.7 Å². The Kier molecular flexibility index (Phi) is 4.51. The molecule has 0 bridgehead atoms. The SMILES string of the molecule is C[C@@H]1[C@@H](C)SCCN1C(=O)CCc1ccsc1. The molecule has 0 aliphatic carbocycles. The van der Waals surface area contributed by atoms with E-state index in [1.165, 1.54) is 5.56 Å². The normalized spacial score (nSPS) is 24.9. The number of rotatable bonds is 3. The number of aryl methyl sites for hydroxylation is 1. The lowest BCUT2D eigenvalue weighted by Crippen LogP contribution is -2.48. The molecule has 0 spiro atoms. The van der Waals surface area contributed by atoms with Crippen molar-refractivity contribution in [1.82, 2.24) is 4.90 Å². The summed E-state index contributed by atoms with van der Waals surface area (Å²) in [6.07, 6.45) is 1.53. The van der Waals surface area contributed by atoms with Crippen molar-refractivity contribution in [3.8, 4) is 0 Å². The summed E-state index contributed by atoms with van der Waals surface area (Å²) in [5.74, 6) is 1.39. The zero-order valence-corrected chi connectivity index (χ0v) is 12.0. The quantitative estimate of drug-likeness (QED) is 0.840. The van der Waals surface area contributed by atoms with Crippen LogP contribution in [0.25, 0.3) is 0 Å². The molecule has 4 heteroatoms. The molecule has 0 unspecified atom stereocenters. The highest BCUT2D eigenvalue weighted by Crippen LogP contribution is 2.25. The number of carbonyl (C=O) groups excluding carboxylic acids is 1. The predicted octanol–water partition coefficient (Wildman–Crippen LogP) is 3.03. The van der Waals surface area contributed by atoms with Crippen molar-refractivity contribution in [3.05, 3.63) is 22.4 Å². The van der Waals surface area contributed by atoms with Crippen molar-refractivity contribution in [2.45, 2.75) is 38.0 Å². The maximum atomic E-state index is 12.2. The van der Waals surface area contributed by atoms with E-state index in [2.05, 4.69) is 35.6 Å². The molecular formula is C13H19NOS2. The molecular weight excluding hydrogens is 250 g/mol.